The largest absolute Gasteiger partial charge is 0.493 e. The van der Waals surface area contributed by atoms with Gasteiger partial charge >= 0.3 is 16.1 Å². The third-order valence-corrected chi connectivity index (χ3v) is 7.81. The summed E-state index contributed by atoms with van der Waals surface area (Å²) >= 11 is 0. The van der Waals surface area contributed by atoms with Crippen molar-refractivity contribution < 1.29 is 32.0 Å². The number of benzene rings is 2. The summed E-state index contributed by atoms with van der Waals surface area (Å²) in [5.41, 5.74) is 3.10. The van der Waals surface area contributed by atoms with Gasteiger partial charge in [-0.25, -0.2) is 0 Å². The molecule has 36 heavy (non-hydrogen) atoms. The predicted octanol–water partition coefficient (Wildman–Crippen LogP) is 5.43. The summed E-state index contributed by atoms with van der Waals surface area (Å²) in [5.74, 6) is 1.85. The second kappa shape index (κ2) is 13.0. The molecule has 0 heterocycles. The minimum Gasteiger partial charge on any atom is -0.493 e. The maximum absolute atomic E-state index is 12.2. The molecule has 1 N–H and O–H groups in total. The molecular formula is C28H38O7S. The molecule has 198 valence electrons. The van der Waals surface area contributed by atoms with Gasteiger partial charge in [-0.15, -0.1) is 0 Å². The first kappa shape index (κ1) is 27.8. The van der Waals surface area contributed by atoms with Gasteiger partial charge in [-0.1, -0.05) is 38.5 Å². The molecular weight excluding hydrogens is 480 g/mol. The smallest absolute Gasteiger partial charge is 0.309 e. The lowest BCUT2D eigenvalue weighted by Crippen LogP contribution is -2.14. The van der Waals surface area contributed by atoms with Gasteiger partial charge in [-0.05, 0) is 85.3 Å². The molecule has 0 aromatic heterocycles. The van der Waals surface area contributed by atoms with Crippen LogP contribution in [0.5, 0.6) is 17.2 Å². The van der Waals surface area contributed by atoms with Crippen LogP contribution in [-0.2, 0) is 34.2 Å². The van der Waals surface area contributed by atoms with E-state index < -0.39 is 16.1 Å². The molecule has 0 aliphatic heterocycles. The number of rotatable bonds is 16. The van der Waals surface area contributed by atoms with E-state index in [9.17, 15) is 13.2 Å². The Labute approximate surface area is 214 Å². The highest BCUT2D eigenvalue weighted by Gasteiger charge is 2.33. The minimum atomic E-state index is -3.65. The molecule has 2 unspecified atom stereocenters. The van der Waals surface area contributed by atoms with E-state index in [0.29, 0.717) is 37.0 Å². The molecule has 1 fully saturated rings. The van der Waals surface area contributed by atoms with Crippen LogP contribution in [0.4, 0.5) is 0 Å². The number of aryl methyl sites for hydroxylation is 3. The third-order valence-electron chi connectivity index (χ3n) is 6.59. The van der Waals surface area contributed by atoms with E-state index in [1.165, 1.54) is 13.5 Å². The topological polar surface area (TPSA) is 99.1 Å². The summed E-state index contributed by atoms with van der Waals surface area (Å²) in [6.45, 7) is 4.82. The maximum atomic E-state index is 12.2. The van der Waals surface area contributed by atoms with Crippen LogP contribution in [0.25, 0.3) is 0 Å². The van der Waals surface area contributed by atoms with E-state index >= 15 is 0 Å². The lowest BCUT2D eigenvalue weighted by Gasteiger charge is -2.14. The molecule has 2 aromatic carbocycles. The first-order valence-corrected chi connectivity index (χ1v) is 14.3. The van der Waals surface area contributed by atoms with Crippen LogP contribution in [0.2, 0.25) is 0 Å². The number of aliphatic carboxylic acids is 1. The van der Waals surface area contributed by atoms with Crippen molar-refractivity contribution in [2.24, 2.45) is 11.8 Å². The molecule has 2 aromatic rings. The predicted molar refractivity (Wildman–Crippen MR) is 140 cm³/mol. The Balaban J connectivity index is 1.60. The molecule has 8 heteroatoms. The molecule has 0 bridgehead atoms. The fraction of sp³-hybridized carbons (Fsp3) is 0.536. The van der Waals surface area contributed by atoms with Crippen molar-refractivity contribution in [3.8, 4) is 17.2 Å². The highest BCUT2D eigenvalue weighted by atomic mass is 32.2. The number of methoxy groups -OCH3 is 1. The van der Waals surface area contributed by atoms with Crippen molar-refractivity contribution in [3.63, 3.8) is 0 Å². The fourth-order valence-corrected chi connectivity index (χ4v) is 5.23. The molecule has 1 aliphatic rings. The van der Waals surface area contributed by atoms with Gasteiger partial charge in [-0.3, -0.25) is 4.79 Å². The zero-order valence-corrected chi connectivity index (χ0v) is 22.3. The number of carboxylic acids is 1. The average Bonchev–Trinajstić information content (AvgIpc) is 3.56. The Morgan fingerprint density at radius 3 is 2.28 bits per heavy atom. The summed E-state index contributed by atoms with van der Waals surface area (Å²) in [6.07, 6.45) is 5.54. The number of carbonyl (C=O) groups is 1. The molecule has 0 radical (unpaired) electrons. The lowest BCUT2D eigenvalue weighted by molar-refractivity contribution is -0.136. The maximum Gasteiger partial charge on any atom is 0.309 e. The van der Waals surface area contributed by atoms with Gasteiger partial charge in [0, 0.05) is 6.42 Å². The summed E-state index contributed by atoms with van der Waals surface area (Å²) < 4.78 is 41.1. The molecule has 1 saturated carbocycles. The fourth-order valence-electron chi connectivity index (χ4n) is 4.10. The lowest BCUT2D eigenvalue weighted by atomic mass is 10.0. The van der Waals surface area contributed by atoms with Crippen molar-refractivity contribution >= 4 is 16.1 Å². The SMILES string of the molecule is CCCCS(=O)(=O)Oc1ccc(CCCc2ccc(CCC(=O)O)c(OCC3CC3C)c2)cc1OC. The quantitative estimate of drug-likeness (QED) is 0.296. The number of hydrogen-bond acceptors (Lipinski definition) is 6. The van der Waals surface area contributed by atoms with Gasteiger partial charge in [-0.2, -0.15) is 8.42 Å². The van der Waals surface area contributed by atoms with E-state index in [4.69, 9.17) is 18.8 Å². The van der Waals surface area contributed by atoms with Crippen LogP contribution >= 0.6 is 0 Å². The Morgan fingerprint density at radius 2 is 1.67 bits per heavy atom. The first-order valence-electron chi connectivity index (χ1n) is 12.8. The molecule has 2 atom stereocenters. The normalized spacial score (nSPS) is 17.0. The van der Waals surface area contributed by atoms with Crippen molar-refractivity contribution in [1.82, 2.24) is 0 Å². The molecule has 0 saturated heterocycles. The minimum absolute atomic E-state index is 0.0190. The zero-order chi connectivity index (χ0) is 26.1. The van der Waals surface area contributed by atoms with Gasteiger partial charge in [0.15, 0.2) is 11.5 Å². The molecule has 3 rings (SSSR count). The van der Waals surface area contributed by atoms with Crippen LogP contribution in [0.3, 0.4) is 0 Å². The van der Waals surface area contributed by atoms with Crippen molar-refractivity contribution in [2.45, 2.75) is 65.2 Å². The Morgan fingerprint density at radius 1 is 1.00 bits per heavy atom. The van der Waals surface area contributed by atoms with E-state index in [0.717, 1.165) is 48.1 Å². The van der Waals surface area contributed by atoms with E-state index in [1.54, 1.807) is 6.07 Å². The van der Waals surface area contributed by atoms with E-state index in [2.05, 4.69) is 6.92 Å². The number of carboxylic acid groups (broad SMARTS) is 1. The second-order valence-corrected chi connectivity index (χ2v) is 11.3. The van der Waals surface area contributed by atoms with Crippen LogP contribution in [0, 0.1) is 11.8 Å². The molecule has 0 amide bonds. The van der Waals surface area contributed by atoms with Crippen molar-refractivity contribution in [2.75, 3.05) is 19.5 Å². The van der Waals surface area contributed by atoms with E-state index in [1.807, 2.05) is 37.3 Å². The van der Waals surface area contributed by atoms with Crippen LogP contribution in [0.15, 0.2) is 36.4 Å². The summed E-state index contributed by atoms with van der Waals surface area (Å²) in [6, 6.07) is 11.4. The first-order chi connectivity index (χ1) is 17.2. The molecule has 0 spiro atoms. The van der Waals surface area contributed by atoms with Gasteiger partial charge in [0.1, 0.15) is 5.75 Å². The monoisotopic (exact) mass is 518 g/mol. The highest BCUT2D eigenvalue weighted by Crippen LogP contribution is 2.38. The molecule has 7 nitrogen and oxygen atoms in total. The van der Waals surface area contributed by atoms with Gasteiger partial charge < -0.3 is 18.8 Å². The van der Waals surface area contributed by atoms with Crippen LogP contribution in [-0.4, -0.2) is 39.0 Å². The standard InChI is InChI=1S/C28H38O7S/c1-4-5-15-36(31,32)35-25-13-10-22(18-27(25)33-3)8-6-7-21-9-11-23(12-14-28(29)30)26(17-21)34-19-24-16-20(24)2/h9-11,13,17-18,20,24H,4-8,12,14-16,19H2,1-3H3,(H,29,30). The highest BCUT2D eigenvalue weighted by molar-refractivity contribution is 7.87. The number of ether oxygens (including phenoxy) is 2. The van der Waals surface area contributed by atoms with Crippen LogP contribution in [0.1, 0.15) is 62.6 Å². The second-order valence-electron chi connectivity index (χ2n) is 9.66. The van der Waals surface area contributed by atoms with Gasteiger partial charge in [0.05, 0.1) is 19.5 Å². The molecule has 1 aliphatic carbocycles. The number of hydrogen-bond donors (Lipinski definition) is 1. The van der Waals surface area contributed by atoms with Gasteiger partial charge in [0.2, 0.25) is 0 Å². The zero-order valence-electron chi connectivity index (χ0n) is 21.5. The summed E-state index contributed by atoms with van der Waals surface area (Å²) in [7, 11) is -2.15. The van der Waals surface area contributed by atoms with E-state index in [-0.39, 0.29) is 17.9 Å². The Hall–Kier alpha value is -2.74. The third kappa shape index (κ3) is 8.73. The van der Waals surface area contributed by atoms with Gasteiger partial charge in [0.25, 0.3) is 0 Å². The Bertz CT molecular complexity index is 1130. The van der Waals surface area contributed by atoms with Crippen LogP contribution < -0.4 is 13.7 Å². The Kier molecular flexibility index (Phi) is 10.0. The van der Waals surface area contributed by atoms with Crippen molar-refractivity contribution in [3.05, 3.63) is 53.1 Å². The summed E-state index contributed by atoms with van der Waals surface area (Å²) in [5, 5.41) is 9.06. The number of unbranched alkanes of at least 4 members (excludes halogenated alkanes) is 1. The summed E-state index contributed by atoms with van der Waals surface area (Å²) in [4.78, 5) is 11.0. The average molecular weight is 519 g/mol. The van der Waals surface area contributed by atoms with Crippen molar-refractivity contribution in [1.29, 1.82) is 0 Å².